The quantitative estimate of drug-likeness (QED) is 0.763. The Labute approximate surface area is 142 Å². The molecule has 0 aliphatic heterocycles. The third kappa shape index (κ3) is 5.12. The van der Waals surface area contributed by atoms with E-state index in [0.29, 0.717) is 25.1 Å². The number of rotatable bonds is 7. The van der Waals surface area contributed by atoms with Gasteiger partial charge in [0.15, 0.2) is 0 Å². The van der Waals surface area contributed by atoms with E-state index in [1.54, 1.807) is 31.2 Å². The number of hydrogen-bond acceptors (Lipinski definition) is 4. The van der Waals surface area contributed by atoms with Crippen molar-refractivity contribution >= 4 is 23.3 Å². The Morgan fingerprint density at radius 1 is 1.04 bits per heavy atom. The van der Waals surface area contributed by atoms with Gasteiger partial charge in [-0.15, -0.1) is 0 Å². The lowest BCUT2D eigenvalue weighted by atomic mass is 10.2. The van der Waals surface area contributed by atoms with E-state index in [1.807, 2.05) is 31.2 Å². The topological polar surface area (TPSA) is 67.4 Å². The molecule has 0 radical (unpaired) electrons. The van der Waals surface area contributed by atoms with Crippen molar-refractivity contribution in [1.82, 2.24) is 0 Å². The molecule has 0 aliphatic rings. The fourth-order valence-electron chi connectivity index (χ4n) is 2.18. The SMILES string of the molecule is CCOC(=O)c1ccc(NCCC(=O)Nc2ccccc2C)cc1. The standard InChI is InChI=1S/C19H22N2O3/c1-3-24-19(23)15-8-10-16(11-9-15)20-13-12-18(22)21-17-7-5-4-6-14(17)2/h4-11,20H,3,12-13H2,1-2H3,(H,21,22). The average Bonchev–Trinajstić information content (AvgIpc) is 2.58. The zero-order valence-corrected chi connectivity index (χ0v) is 14.0. The van der Waals surface area contributed by atoms with Crippen LogP contribution in [0.4, 0.5) is 11.4 Å². The summed E-state index contributed by atoms with van der Waals surface area (Å²) in [4.78, 5) is 23.5. The van der Waals surface area contributed by atoms with Gasteiger partial charge >= 0.3 is 5.97 Å². The molecule has 2 aromatic rings. The highest BCUT2D eigenvalue weighted by molar-refractivity contribution is 5.92. The first kappa shape index (κ1) is 17.5. The summed E-state index contributed by atoms with van der Waals surface area (Å²) in [6.45, 7) is 4.60. The number of hydrogen-bond donors (Lipinski definition) is 2. The third-order valence-corrected chi connectivity index (χ3v) is 3.50. The molecule has 0 fully saturated rings. The predicted molar refractivity (Wildman–Crippen MR) is 95.3 cm³/mol. The third-order valence-electron chi connectivity index (χ3n) is 3.50. The molecular weight excluding hydrogens is 304 g/mol. The Morgan fingerprint density at radius 2 is 1.75 bits per heavy atom. The van der Waals surface area contributed by atoms with Gasteiger partial charge in [-0.3, -0.25) is 4.79 Å². The lowest BCUT2D eigenvalue weighted by Crippen LogP contribution is -2.16. The van der Waals surface area contributed by atoms with Crippen LogP contribution >= 0.6 is 0 Å². The van der Waals surface area contributed by atoms with Crippen LogP contribution in [0.5, 0.6) is 0 Å². The lowest BCUT2D eigenvalue weighted by molar-refractivity contribution is -0.115. The van der Waals surface area contributed by atoms with Gasteiger partial charge in [0.1, 0.15) is 0 Å². The Balaban J connectivity index is 1.78. The molecular formula is C19H22N2O3. The molecule has 0 aromatic heterocycles. The van der Waals surface area contributed by atoms with Crippen LogP contribution in [0.15, 0.2) is 48.5 Å². The first-order valence-electron chi connectivity index (χ1n) is 7.96. The first-order chi connectivity index (χ1) is 11.6. The minimum Gasteiger partial charge on any atom is -0.462 e. The van der Waals surface area contributed by atoms with Gasteiger partial charge in [0.25, 0.3) is 0 Å². The van der Waals surface area contributed by atoms with Crippen LogP contribution in [0.25, 0.3) is 0 Å². The molecule has 2 N–H and O–H groups in total. The van der Waals surface area contributed by atoms with Crippen LogP contribution in [-0.4, -0.2) is 25.0 Å². The van der Waals surface area contributed by atoms with E-state index in [2.05, 4.69) is 10.6 Å². The number of anilines is 2. The van der Waals surface area contributed by atoms with Crippen LogP contribution in [0.2, 0.25) is 0 Å². The highest BCUT2D eigenvalue weighted by Gasteiger charge is 2.06. The van der Waals surface area contributed by atoms with Gasteiger partial charge in [-0.2, -0.15) is 0 Å². The summed E-state index contributed by atoms with van der Waals surface area (Å²) in [5.41, 5.74) is 3.24. The molecule has 0 saturated heterocycles. The van der Waals surface area contributed by atoms with E-state index in [4.69, 9.17) is 4.74 Å². The molecule has 0 bridgehead atoms. The largest absolute Gasteiger partial charge is 0.462 e. The van der Waals surface area contributed by atoms with E-state index in [1.165, 1.54) is 0 Å². The Hall–Kier alpha value is -2.82. The maximum atomic E-state index is 12.0. The average molecular weight is 326 g/mol. The minimum absolute atomic E-state index is 0.0417. The van der Waals surface area contributed by atoms with Crippen LogP contribution in [0, 0.1) is 6.92 Å². The van der Waals surface area contributed by atoms with Crippen LogP contribution in [0.3, 0.4) is 0 Å². The van der Waals surface area contributed by atoms with Gasteiger partial charge < -0.3 is 15.4 Å². The monoisotopic (exact) mass is 326 g/mol. The van der Waals surface area contributed by atoms with E-state index in [-0.39, 0.29) is 11.9 Å². The number of ether oxygens (including phenoxy) is 1. The first-order valence-corrected chi connectivity index (χ1v) is 7.96. The zero-order chi connectivity index (χ0) is 17.4. The number of carbonyl (C=O) groups excluding carboxylic acids is 2. The predicted octanol–water partition coefficient (Wildman–Crippen LogP) is 3.61. The second kappa shape index (κ2) is 8.72. The van der Waals surface area contributed by atoms with Gasteiger partial charge in [0, 0.05) is 24.3 Å². The molecule has 126 valence electrons. The number of benzene rings is 2. The number of amides is 1. The van der Waals surface area contributed by atoms with Gasteiger partial charge in [-0.1, -0.05) is 18.2 Å². The summed E-state index contributed by atoms with van der Waals surface area (Å²) < 4.78 is 4.93. The molecule has 0 atom stereocenters. The summed E-state index contributed by atoms with van der Waals surface area (Å²) in [6.07, 6.45) is 0.355. The molecule has 2 rings (SSSR count). The molecule has 0 saturated carbocycles. The molecule has 0 unspecified atom stereocenters. The van der Waals surface area contributed by atoms with Crippen LogP contribution in [0.1, 0.15) is 29.3 Å². The summed E-state index contributed by atoms with van der Waals surface area (Å²) in [5.74, 6) is -0.374. The van der Waals surface area contributed by atoms with Crippen molar-refractivity contribution in [1.29, 1.82) is 0 Å². The normalized spacial score (nSPS) is 10.1. The number of nitrogens with one attached hydrogen (secondary N) is 2. The molecule has 0 aliphatic carbocycles. The Morgan fingerprint density at radius 3 is 2.42 bits per heavy atom. The van der Waals surface area contributed by atoms with Crippen LogP contribution in [-0.2, 0) is 9.53 Å². The van der Waals surface area contributed by atoms with Gasteiger partial charge in [-0.25, -0.2) is 4.79 Å². The fourth-order valence-corrected chi connectivity index (χ4v) is 2.18. The summed E-state index contributed by atoms with van der Waals surface area (Å²) in [7, 11) is 0. The van der Waals surface area contributed by atoms with Crippen molar-refractivity contribution in [2.45, 2.75) is 20.3 Å². The molecule has 2 aromatic carbocycles. The van der Waals surface area contributed by atoms with Crippen molar-refractivity contribution < 1.29 is 14.3 Å². The molecule has 5 heteroatoms. The maximum absolute atomic E-state index is 12.0. The summed E-state index contributed by atoms with van der Waals surface area (Å²) in [5, 5.41) is 6.06. The van der Waals surface area contributed by atoms with Gasteiger partial charge in [0.05, 0.1) is 12.2 Å². The van der Waals surface area contributed by atoms with Crippen molar-refractivity contribution in [2.75, 3.05) is 23.8 Å². The molecule has 24 heavy (non-hydrogen) atoms. The van der Waals surface area contributed by atoms with E-state index >= 15 is 0 Å². The van der Waals surface area contributed by atoms with Gasteiger partial charge in [-0.05, 0) is 49.7 Å². The molecule has 0 heterocycles. The number of esters is 1. The second-order valence-electron chi connectivity index (χ2n) is 5.34. The molecule has 5 nitrogen and oxygen atoms in total. The molecule has 0 spiro atoms. The van der Waals surface area contributed by atoms with Crippen molar-refractivity contribution in [3.8, 4) is 0 Å². The second-order valence-corrected chi connectivity index (χ2v) is 5.34. The maximum Gasteiger partial charge on any atom is 0.338 e. The fraction of sp³-hybridized carbons (Fsp3) is 0.263. The zero-order valence-electron chi connectivity index (χ0n) is 14.0. The van der Waals surface area contributed by atoms with Crippen LogP contribution < -0.4 is 10.6 Å². The highest BCUT2D eigenvalue weighted by atomic mass is 16.5. The van der Waals surface area contributed by atoms with Crippen molar-refractivity contribution in [3.63, 3.8) is 0 Å². The summed E-state index contributed by atoms with van der Waals surface area (Å²) >= 11 is 0. The number of aryl methyl sites for hydroxylation is 1. The Bertz CT molecular complexity index is 696. The van der Waals surface area contributed by atoms with Gasteiger partial charge in [0.2, 0.25) is 5.91 Å². The van der Waals surface area contributed by atoms with E-state index < -0.39 is 0 Å². The van der Waals surface area contributed by atoms with E-state index in [9.17, 15) is 9.59 Å². The summed E-state index contributed by atoms with van der Waals surface area (Å²) in [6, 6.07) is 14.7. The van der Waals surface area contributed by atoms with E-state index in [0.717, 1.165) is 16.9 Å². The Kier molecular flexibility index (Phi) is 6.37. The van der Waals surface area contributed by atoms with Crippen molar-refractivity contribution in [2.24, 2.45) is 0 Å². The number of para-hydroxylation sites is 1. The lowest BCUT2D eigenvalue weighted by Gasteiger charge is -2.09. The molecule has 1 amide bonds. The van der Waals surface area contributed by atoms with Crippen molar-refractivity contribution in [3.05, 3.63) is 59.7 Å². The minimum atomic E-state index is -0.332. The highest BCUT2D eigenvalue weighted by Crippen LogP contribution is 2.14. The smallest absolute Gasteiger partial charge is 0.338 e. The number of carbonyl (C=O) groups is 2.